The highest BCUT2D eigenvalue weighted by Gasteiger charge is 2.21. The van der Waals surface area contributed by atoms with E-state index in [1.807, 2.05) is 6.92 Å². The molecule has 1 unspecified atom stereocenters. The molecular formula is C22H29F2N3O4. The number of benzene rings is 1. The highest BCUT2D eigenvalue weighted by Crippen LogP contribution is 2.19. The first-order chi connectivity index (χ1) is 14.5. The Bertz CT molecular complexity index is 902. The number of esters is 1. The predicted molar refractivity (Wildman–Crippen MR) is 111 cm³/mol. The zero-order chi connectivity index (χ0) is 23.2. The van der Waals surface area contributed by atoms with Crippen LogP contribution in [0, 0.1) is 11.6 Å². The van der Waals surface area contributed by atoms with Gasteiger partial charge in [0.1, 0.15) is 22.9 Å². The summed E-state index contributed by atoms with van der Waals surface area (Å²) in [4.78, 5) is 24.2. The van der Waals surface area contributed by atoms with E-state index in [1.165, 1.54) is 16.8 Å². The van der Waals surface area contributed by atoms with Crippen LogP contribution in [-0.4, -0.2) is 40.6 Å². The number of aromatic nitrogens is 2. The van der Waals surface area contributed by atoms with Gasteiger partial charge >= 0.3 is 12.1 Å². The van der Waals surface area contributed by atoms with Crippen molar-refractivity contribution in [2.75, 3.05) is 13.2 Å². The van der Waals surface area contributed by atoms with Gasteiger partial charge in [-0.25, -0.2) is 18.4 Å². The average molecular weight is 437 g/mol. The normalized spacial score (nSPS) is 12.4. The summed E-state index contributed by atoms with van der Waals surface area (Å²) in [5, 5.41) is 7.12. The minimum Gasteiger partial charge on any atom is -0.461 e. The zero-order valence-electron chi connectivity index (χ0n) is 18.5. The van der Waals surface area contributed by atoms with Crippen LogP contribution < -0.4 is 5.32 Å². The summed E-state index contributed by atoms with van der Waals surface area (Å²) >= 11 is 0. The van der Waals surface area contributed by atoms with Crippen LogP contribution in [0.1, 0.15) is 68.8 Å². The van der Waals surface area contributed by atoms with Gasteiger partial charge in [0, 0.05) is 19.0 Å². The summed E-state index contributed by atoms with van der Waals surface area (Å²) in [6, 6.07) is 4.54. The molecule has 1 heterocycles. The SMILES string of the molecule is CCOC(=O)c1cc(Cc2cc(F)cc(F)c2)nn1C(C)CCNC(=O)OC(C)(C)C. The molecule has 1 aromatic carbocycles. The van der Waals surface area contributed by atoms with Crippen molar-refractivity contribution in [3.05, 3.63) is 52.9 Å². The molecule has 0 saturated heterocycles. The summed E-state index contributed by atoms with van der Waals surface area (Å²) in [6.07, 6.45) is 0.0952. The fourth-order valence-corrected chi connectivity index (χ4v) is 2.97. The molecular weight excluding hydrogens is 408 g/mol. The maximum Gasteiger partial charge on any atom is 0.407 e. The molecule has 2 rings (SSSR count). The van der Waals surface area contributed by atoms with E-state index in [9.17, 15) is 18.4 Å². The van der Waals surface area contributed by atoms with Crippen LogP contribution in [-0.2, 0) is 15.9 Å². The van der Waals surface area contributed by atoms with Crippen molar-refractivity contribution in [3.63, 3.8) is 0 Å². The number of halogens is 2. The minimum atomic E-state index is -0.679. The summed E-state index contributed by atoms with van der Waals surface area (Å²) in [7, 11) is 0. The lowest BCUT2D eigenvalue weighted by Gasteiger charge is -2.20. The molecule has 0 radical (unpaired) electrons. The first-order valence-electron chi connectivity index (χ1n) is 10.2. The van der Waals surface area contributed by atoms with E-state index in [0.717, 1.165) is 6.07 Å². The van der Waals surface area contributed by atoms with Crippen LogP contribution in [0.5, 0.6) is 0 Å². The lowest BCUT2D eigenvalue weighted by molar-refractivity contribution is 0.0497. The molecule has 1 amide bonds. The molecule has 170 valence electrons. The van der Waals surface area contributed by atoms with Gasteiger partial charge in [0.2, 0.25) is 0 Å². The molecule has 1 atom stereocenters. The van der Waals surface area contributed by atoms with E-state index in [0.29, 0.717) is 24.2 Å². The van der Waals surface area contributed by atoms with Gasteiger partial charge in [-0.3, -0.25) is 4.68 Å². The lowest BCUT2D eigenvalue weighted by Crippen LogP contribution is -2.33. The molecule has 31 heavy (non-hydrogen) atoms. The first kappa shape index (κ1) is 24.3. The summed E-state index contributed by atoms with van der Waals surface area (Å²) in [6.45, 7) is 9.37. The number of carbonyl (C=O) groups excluding carboxylic acids is 2. The first-order valence-corrected chi connectivity index (χ1v) is 10.2. The van der Waals surface area contributed by atoms with Gasteiger partial charge in [-0.1, -0.05) is 0 Å². The van der Waals surface area contributed by atoms with Gasteiger partial charge in [-0.2, -0.15) is 5.10 Å². The Morgan fingerprint density at radius 2 is 1.81 bits per heavy atom. The molecule has 0 bridgehead atoms. The Hall–Kier alpha value is -2.97. The molecule has 0 spiro atoms. The number of hydrogen-bond donors (Lipinski definition) is 1. The van der Waals surface area contributed by atoms with Crippen LogP contribution in [0.3, 0.4) is 0 Å². The third kappa shape index (κ3) is 7.66. The second-order valence-electron chi connectivity index (χ2n) is 8.21. The van der Waals surface area contributed by atoms with Crippen molar-refractivity contribution >= 4 is 12.1 Å². The zero-order valence-corrected chi connectivity index (χ0v) is 18.5. The highest BCUT2D eigenvalue weighted by atomic mass is 19.1. The molecule has 0 fully saturated rings. The predicted octanol–water partition coefficient (Wildman–Crippen LogP) is 4.40. The third-order valence-corrected chi connectivity index (χ3v) is 4.23. The molecule has 0 aliphatic rings. The van der Waals surface area contributed by atoms with Crippen molar-refractivity contribution in [1.82, 2.24) is 15.1 Å². The number of nitrogens with one attached hydrogen (secondary N) is 1. The van der Waals surface area contributed by atoms with Crippen molar-refractivity contribution < 1.29 is 27.8 Å². The maximum absolute atomic E-state index is 13.5. The standard InChI is InChI=1S/C22H29F2N3O4/c1-6-30-20(28)19-13-18(11-15-9-16(23)12-17(24)10-15)26-27(19)14(2)7-8-25-21(29)31-22(3,4)5/h9-10,12-14H,6-8,11H2,1-5H3,(H,25,29). The van der Waals surface area contributed by atoms with E-state index in [1.54, 1.807) is 33.8 Å². The van der Waals surface area contributed by atoms with Crippen LogP contribution in [0.2, 0.25) is 0 Å². The average Bonchev–Trinajstić information content (AvgIpc) is 3.03. The molecule has 2 aromatic rings. The van der Waals surface area contributed by atoms with Gasteiger partial charge in [0.15, 0.2) is 0 Å². The molecule has 0 aliphatic heterocycles. The van der Waals surface area contributed by atoms with Crippen LogP contribution in [0.25, 0.3) is 0 Å². The lowest BCUT2D eigenvalue weighted by atomic mass is 10.1. The topological polar surface area (TPSA) is 82.5 Å². The molecule has 9 heteroatoms. The molecule has 0 saturated carbocycles. The number of amides is 1. The second kappa shape index (κ2) is 10.4. The Morgan fingerprint density at radius 3 is 2.39 bits per heavy atom. The van der Waals surface area contributed by atoms with E-state index in [2.05, 4.69) is 10.4 Å². The van der Waals surface area contributed by atoms with Gasteiger partial charge in [0.25, 0.3) is 0 Å². The smallest absolute Gasteiger partial charge is 0.407 e. The molecule has 7 nitrogen and oxygen atoms in total. The molecule has 1 N–H and O–H groups in total. The van der Waals surface area contributed by atoms with Gasteiger partial charge in [-0.15, -0.1) is 0 Å². The largest absolute Gasteiger partial charge is 0.461 e. The van der Waals surface area contributed by atoms with E-state index in [-0.39, 0.29) is 24.8 Å². The van der Waals surface area contributed by atoms with Crippen LogP contribution in [0.15, 0.2) is 24.3 Å². The third-order valence-electron chi connectivity index (χ3n) is 4.23. The van der Waals surface area contributed by atoms with Crippen molar-refractivity contribution in [2.45, 2.75) is 59.1 Å². The van der Waals surface area contributed by atoms with Crippen molar-refractivity contribution in [1.29, 1.82) is 0 Å². The monoisotopic (exact) mass is 437 g/mol. The van der Waals surface area contributed by atoms with Crippen LogP contribution in [0.4, 0.5) is 13.6 Å². The van der Waals surface area contributed by atoms with Gasteiger partial charge in [-0.05, 0) is 64.8 Å². The van der Waals surface area contributed by atoms with E-state index >= 15 is 0 Å². The molecule has 0 aliphatic carbocycles. The van der Waals surface area contributed by atoms with Crippen molar-refractivity contribution in [2.24, 2.45) is 0 Å². The van der Waals surface area contributed by atoms with Gasteiger partial charge < -0.3 is 14.8 Å². The van der Waals surface area contributed by atoms with Crippen LogP contribution >= 0.6 is 0 Å². The summed E-state index contributed by atoms with van der Waals surface area (Å²) < 4.78 is 38.8. The highest BCUT2D eigenvalue weighted by molar-refractivity contribution is 5.87. The molecule has 1 aromatic heterocycles. The van der Waals surface area contributed by atoms with E-state index in [4.69, 9.17) is 9.47 Å². The number of nitrogens with zero attached hydrogens (tertiary/aromatic N) is 2. The summed E-state index contributed by atoms with van der Waals surface area (Å²) in [5.41, 5.74) is 0.510. The second-order valence-corrected chi connectivity index (χ2v) is 8.21. The number of carbonyl (C=O) groups is 2. The Labute approximate surface area is 180 Å². The number of alkyl carbamates (subject to hydrolysis) is 1. The number of ether oxygens (including phenoxy) is 2. The van der Waals surface area contributed by atoms with Crippen molar-refractivity contribution in [3.8, 4) is 0 Å². The quantitative estimate of drug-likeness (QED) is 0.619. The van der Waals surface area contributed by atoms with Gasteiger partial charge in [0.05, 0.1) is 18.3 Å². The fraction of sp³-hybridized carbons (Fsp3) is 0.500. The Kier molecular flexibility index (Phi) is 8.13. The minimum absolute atomic E-state index is 0.150. The fourth-order valence-electron chi connectivity index (χ4n) is 2.97. The maximum atomic E-state index is 13.5. The Balaban J connectivity index is 2.14. The number of rotatable bonds is 8. The summed E-state index contributed by atoms with van der Waals surface area (Å²) in [5.74, 6) is -1.90. The Morgan fingerprint density at radius 1 is 1.16 bits per heavy atom. The van der Waals surface area contributed by atoms with E-state index < -0.39 is 29.3 Å². The number of hydrogen-bond acceptors (Lipinski definition) is 5.